The van der Waals surface area contributed by atoms with Crippen LogP contribution in [0.2, 0.25) is 0 Å². The number of ether oxygens (including phenoxy) is 1. The largest absolute Gasteiger partial charge is 0.378 e. The molecule has 0 spiro atoms. The third kappa shape index (κ3) is 4.42. The van der Waals surface area contributed by atoms with Crippen molar-refractivity contribution in [1.29, 1.82) is 0 Å². The molecular weight excluding hydrogens is 361 g/mol. The van der Waals surface area contributed by atoms with Crippen molar-refractivity contribution in [1.82, 2.24) is 24.7 Å². The van der Waals surface area contributed by atoms with Crippen LogP contribution in [-0.2, 0) is 24.2 Å². The van der Waals surface area contributed by atoms with Crippen LogP contribution in [0.4, 0.5) is 16.2 Å². The van der Waals surface area contributed by atoms with Crippen molar-refractivity contribution in [3.05, 3.63) is 60.1 Å². The number of halogens is 1. The summed E-state index contributed by atoms with van der Waals surface area (Å²) in [6.07, 6.45) is 3.80. The molecule has 2 aromatic heterocycles. The van der Waals surface area contributed by atoms with Crippen LogP contribution in [0.15, 0.2) is 42.9 Å². The molecule has 9 heteroatoms. The predicted molar refractivity (Wildman–Crippen MR) is 103 cm³/mol. The number of anilines is 2. The Morgan fingerprint density at radius 3 is 2.79 bits per heavy atom. The van der Waals surface area contributed by atoms with Crippen LogP contribution in [0.25, 0.3) is 0 Å². The highest BCUT2D eigenvalue weighted by molar-refractivity contribution is 5.44. The van der Waals surface area contributed by atoms with Gasteiger partial charge in [-0.3, -0.25) is 0 Å². The van der Waals surface area contributed by atoms with E-state index in [1.807, 2.05) is 27.7 Å². The minimum absolute atomic E-state index is 0.298. The summed E-state index contributed by atoms with van der Waals surface area (Å²) in [4.78, 5) is 10.2. The number of hydrogen-bond donors (Lipinski definition) is 1. The SMILES string of the molecule is Fc1cnc(NCc2nncn2CCc2ccccc2)nc1N1CCOCC1. The zero-order chi connectivity index (χ0) is 19.2. The van der Waals surface area contributed by atoms with Gasteiger partial charge >= 0.3 is 0 Å². The van der Waals surface area contributed by atoms with Crippen molar-refractivity contribution in [3.63, 3.8) is 0 Å². The molecule has 3 aromatic rings. The maximum Gasteiger partial charge on any atom is 0.225 e. The van der Waals surface area contributed by atoms with E-state index in [-0.39, 0.29) is 0 Å². The first-order valence-corrected chi connectivity index (χ1v) is 9.29. The highest BCUT2D eigenvalue weighted by Gasteiger charge is 2.18. The molecule has 1 aliphatic rings. The zero-order valence-corrected chi connectivity index (χ0v) is 15.5. The summed E-state index contributed by atoms with van der Waals surface area (Å²) in [5.74, 6) is 1.00. The molecule has 1 fully saturated rings. The summed E-state index contributed by atoms with van der Waals surface area (Å²) < 4.78 is 21.4. The number of morpholine rings is 1. The molecule has 1 N–H and O–H groups in total. The number of aryl methyl sites for hydroxylation is 2. The molecule has 3 heterocycles. The van der Waals surface area contributed by atoms with Crippen molar-refractivity contribution in [3.8, 4) is 0 Å². The molecule has 0 radical (unpaired) electrons. The smallest absolute Gasteiger partial charge is 0.225 e. The number of benzene rings is 1. The van der Waals surface area contributed by atoms with Gasteiger partial charge in [-0.1, -0.05) is 30.3 Å². The van der Waals surface area contributed by atoms with E-state index in [1.54, 1.807) is 6.33 Å². The predicted octanol–water partition coefficient (Wildman–Crippen LogP) is 1.90. The van der Waals surface area contributed by atoms with Gasteiger partial charge in [0, 0.05) is 19.6 Å². The Kier molecular flexibility index (Phi) is 5.72. The van der Waals surface area contributed by atoms with Crippen LogP contribution < -0.4 is 10.2 Å². The van der Waals surface area contributed by atoms with E-state index < -0.39 is 5.82 Å². The molecule has 0 atom stereocenters. The maximum absolute atomic E-state index is 14.1. The van der Waals surface area contributed by atoms with Gasteiger partial charge in [-0.15, -0.1) is 10.2 Å². The summed E-state index contributed by atoms with van der Waals surface area (Å²) >= 11 is 0. The van der Waals surface area contributed by atoms with E-state index in [0.717, 1.165) is 18.8 Å². The Bertz CT molecular complexity index is 896. The van der Waals surface area contributed by atoms with Crippen molar-refractivity contribution in [2.75, 3.05) is 36.5 Å². The summed E-state index contributed by atoms with van der Waals surface area (Å²) in [5, 5.41) is 11.3. The summed E-state index contributed by atoms with van der Waals surface area (Å²) in [6, 6.07) is 10.3. The Hall–Kier alpha value is -3.07. The first-order valence-electron chi connectivity index (χ1n) is 9.29. The average molecular weight is 383 g/mol. The topological polar surface area (TPSA) is 81.0 Å². The lowest BCUT2D eigenvalue weighted by molar-refractivity contribution is 0.122. The van der Waals surface area contributed by atoms with Gasteiger partial charge in [-0.2, -0.15) is 4.98 Å². The molecule has 1 aromatic carbocycles. The van der Waals surface area contributed by atoms with Crippen molar-refractivity contribution < 1.29 is 9.13 Å². The van der Waals surface area contributed by atoms with Crippen molar-refractivity contribution in [2.45, 2.75) is 19.5 Å². The second-order valence-electron chi connectivity index (χ2n) is 6.49. The fraction of sp³-hybridized carbons (Fsp3) is 0.368. The fourth-order valence-electron chi connectivity index (χ4n) is 3.10. The lowest BCUT2D eigenvalue weighted by atomic mass is 10.1. The van der Waals surface area contributed by atoms with Crippen LogP contribution in [0.5, 0.6) is 0 Å². The molecule has 146 valence electrons. The monoisotopic (exact) mass is 383 g/mol. The van der Waals surface area contributed by atoms with Gasteiger partial charge in [0.05, 0.1) is 26.0 Å². The van der Waals surface area contributed by atoms with Crippen LogP contribution in [0.1, 0.15) is 11.4 Å². The van der Waals surface area contributed by atoms with Crippen LogP contribution in [-0.4, -0.2) is 51.0 Å². The Morgan fingerprint density at radius 2 is 1.96 bits per heavy atom. The highest BCUT2D eigenvalue weighted by Crippen LogP contribution is 2.18. The van der Waals surface area contributed by atoms with E-state index in [2.05, 4.69) is 37.6 Å². The third-order valence-electron chi connectivity index (χ3n) is 4.62. The first-order chi connectivity index (χ1) is 13.8. The minimum Gasteiger partial charge on any atom is -0.378 e. The molecule has 4 rings (SSSR count). The standard InChI is InChI=1S/C19H22FN7O/c20-16-12-21-19(24-18(16)26-8-10-28-11-9-26)22-13-17-25-23-14-27(17)7-6-15-4-2-1-3-5-15/h1-5,12,14H,6-11,13H2,(H,21,22,24). The van der Waals surface area contributed by atoms with Crippen LogP contribution >= 0.6 is 0 Å². The van der Waals surface area contributed by atoms with E-state index >= 15 is 0 Å². The number of rotatable bonds is 7. The zero-order valence-electron chi connectivity index (χ0n) is 15.5. The third-order valence-corrected chi connectivity index (χ3v) is 4.62. The fourth-order valence-corrected chi connectivity index (χ4v) is 3.10. The molecular formula is C19H22FN7O. The van der Waals surface area contributed by atoms with Gasteiger partial charge in [0.25, 0.3) is 0 Å². The molecule has 0 aliphatic carbocycles. The lowest BCUT2D eigenvalue weighted by Gasteiger charge is -2.28. The summed E-state index contributed by atoms with van der Waals surface area (Å²) in [6.45, 7) is 3.54. The average Bonchev–Trinajstić information content (AvgIpc) is 3.20. The number of hydrogen-bond acceptors (Lipinski definition) is 7. The van der Waals surface area contributed by atoms with Gasteiger partial charge in [0.1, 0.15) is 6.33 Å². The van der Waals surface area contributed by atoms with Crippen molar-refractivity contribution in [2.24, 2.45) is 0 Å². The molecule has 1 aliphatic heterocycles. The molecule has 28 heavy (non-hydrogen) atoms. The summed E-state index contributed by atoms with van der Waals surface area (Å²) in [5.41, 5.74) is 1.26. The van der Waals surface area contributed by atoms with Gasteiger partial charge in [-0.25, -0.2) is 9.37 Å². The Labute approximate surface area is 162 Å². The van der Waals surface area contributed by atoms with E-state index in [0.29, 0.717) is 44.6 Å². The molecule has 0 saturated carbocycles. The van der Waals surface area contributed by atoms with Gasteiger partial charge < -0.3 is 19.5 Å². The number of aromatic nitrogens is 5. The number of nitrogens with zero attached hydrogens (tertiary/aromatic N) is 6. The van der Waals surface area contributed by atoms with Gasteiger partial charge in [0.2, 0.25) is 5.95 Å². The van der Waals surface area contributed by atoms with E-state index in [1.165, 1.54) is 11.8 Å². The normalized spacial score (nSPS) is 14.2. The van der Waals surface area contributed by atoms with Crippen molar-refractivity contribution >= 4 is 11.8 Å². The van der Waals surface area contributed by atoms with E-state index in [9.17, 15) is 4.39 Å². The van der Waals surface area contributed by atoms with Crippen LogP contribution in [0, 0.1) is 5.82 Å². The molecule has 0 unspecified atom stereocenters. The Balaban J connectivity index is 1.39. The minimum atomic E-state index is -0.432. The quantitative estimate of drug-likeness (QED) is 0.667. The van der Waals surface area contributed by atoms with Crippen LogP contribution in [0.3, 0.4) is 0 Å². The highest BCUT2D eigenvalue weighted by atomic mass is 19.1. The second-order valence-corrected chi connectivity index (χ2v) is 6.49. The van der Waals surface area contributed by atoms with Gasteiger partial charge in [-0.05, 0) is 12.0 Å². The molecule has 8 nitrogen and oxygen atoms in total. The number of nitrogens with one attached hydrogen (secondary N) is 1. The Morgan fingerprint density at radius 1 is 1.14 bits per heavy atom. The summed E-state index contributed by atoms with van der Waals surface area (Å²) in [7, 11) is 0. The molecule has 1 saturated heterocycles. The van der Waals surface area contributed by atoms with E-state index in [4.69, 9.17) is 4.74 Å². The maximum atomic E-state index is 14.1. The second kappa shape index (κ2) is 8.75. The lowest BCUT2D eigenvalue weighted by Crippen LogP contribution is -2.37. The molecule has 0 bridgehead atoms. The molecule has 0 amide bonds. The van der Waals surface area contributed by atoms with Gasteiger partial charge in [0.15, 0.2) is 17.5 Å². The first kappa shape index (κ1) is 18.3.